The van der Waals surface area contributed by atoms with Crippen LogP contribution in [-0.2, 0) is 10.2 Å². The molecular weight excluding hydrogens is 309 g/mol. The van der Waals surface area contributed by atoms with Crippen molar-refractivity contribution >= 4 is 29.1 Å². The number of carbonyl (C=O) groups excluding carboxylic acids is 1. The van der Waals surface area contributed by atoms with Crippen molar-refractivity contribution in [2.24, 2.45) is 0 Å². The van der Waals surface area contributed by atoms with E-state index < -0.39 is 5.41 Å². The average molecular weight is 322 g/mol. The molecule has 0 unspecified atom stereocenters. The topological polar surface area (TPSA) is 54.9 Å². The second-order valence-corrected chi connectivity index (χ2v) is 5.99. The minimum atomic E-state index is -0.542. The van der Waals surface area contributed by atoms with Crippen molar-refractivity contribution in [3.05, 3.63) is 46.5 Å². The predicted molar refractivity (Wildman–Crippen MR) is 82.5 cm³/mol. The van der Waals surface area contributed by atoms with Crippen LogP contribution in [0.25, 0.3) is 11.1 Å². The molecule has 0 aliphatic heterocycles. The van der Waals surface area contributed by atoms with Crippen molar-refractivity contribution in [1.82, 2.24) is 15.3 Å². The molecule has 1 aliphatic carbocycles. The molecule has 1 aliphatic rings. The van der Waals surface area contributed by atoms with Crippen molar-refractivity contribution < 1.29 is 4.79 Å². The number of likely N-dealkylation sites (N-methyl/N-ethyl adjacent to an activating group) is 1. The van der Waals surface area contributed by atoms with Gasteiger partial charge in [0, 0.05) is 35.1 Å². The largest absolute Gasteiger partial charge is 0.358 e. The molecular formula is C15H13Cl2N3O. The molecule has 1 N–H and O–H groups in total. The zero-order valence-electron chi connectivity index (χ0n) is 11.4. The molecule has 2 aromatic rings. The van der Waals surface area contributed by atoms with Crippen molar-refractivity contribution in [1.29, 1.82) is 0 Å². The molecule has 0 saturated heterocycles. The van der Waals surface area contributed by atoms with Gasteiger partial charge in [0.2, 0.25) is 5.91 Å². The Morgan fingerprint density at radius 3 is 2.14 bits per heavy atom. The normalized spacial score (nSPS) is 15.6. The van der Waals surface area contributed by atoms with Crippen molar-refractivity contribution in [3.8, 4) is 11.1 Å². The summed E-state index contributed by atoms with van der Waals surface area (Å²) >= 11 is 12.0. The summed E-state index contributed by atoms with van der Waals surface area (Å²) < 4.78 is 0. The van der Waals surface area contributed by atoms with E-state index in [-0.39, 0.29) is 5.91 Å². The van der Waals surface area contributed by atoms with Gasteiger partial charge in [-0.3, -0.25) is 4.79 Å². The van der Waals surface area contributed by atoms with Gasteiger partial charge in [0.25, 0.3) is 0 Å². The van der Waals surface area contributed by atoms with Crippen LogP contribution in [0.15, 0.2) is 30.6 Å². The number of hydrogen-bond donors (Lipinski definition) is 1. The van der Waals surface area contributed by atoms with Crippen LogP contribution in [0.4, 0.5) is 0 Å². The highest BCUT2D eigenvalue weighted by Gasteiger charge is 2.53. The first-order valence-electron chi connectivity index (χ1n) is 6.56. The van der Waals surface area contributed by atoms with Gasteiger partial charge >= 0.3 is 0 Å². The number of benzene rings is 1. The van der Waals surface area contributed by atoms with Gasteiger partial charge in [-0.2, -0.15) is 0 Å². The summed E-state index contributed by atoms with van der Waals surface area (Å²) in [4.78, 5) is 20.6. The number of carbonyl (C=O) groups is 1. The van der Waals surface area contributed by atoms with E-state index in [0.29, 0.717) is 15.9 Å². The second kappa shape index (κ2) is 5.28. The molecule has 6 heteroatoms. The number of rotatable bonds is 3. The maximum absolute atomic E-state index is 11.9. The highest BCUT2D eigenvalue weighted by molar-refractivity contribution is 6.35. The van der Waals surface area contributed by atoms with Gasteiger partial charge in [-0.15, -0.1) is 0 Å². The summed E-state index contributed by atoms with van der Waals surface area (Å²) in [5.74, 6) is 0.541. The van der Waals surface area contributed by atoms with Crippen molar-refractivity contribution in [2.75, 3.05) is 7.05 Å². The SMILES string of the molecule is CNC(=O)C1(c2ncc(-c3cc(Cl)cc(Cl)c3)cn2)CC1. The standard InChI is InChI=1S/C15H13Cl2N3O/c1-18-14(21)15(2-3-15)13-19-7-10(8-20-13)9-4-11(16)6-12(17)5-9/h4-8H,2-3H2,1H3,(H,18,21). The lowest BCUT2D eigenvalue weighted by Gasteiger charge is -2.12. The summed E-state index contributed by atoms with van der Waals surface area (Å²) in [6.07, 6.45) is 4.98. The molecule has 3 rings (SSSR count). The zero-order valence-corrected chi connectivity index (χ0v) is 12.9. The van der Waals surface area contributed by atoms with E-state index in [2.05, 4.69) is 15.3 Å². The number of hydrogen-bond acceptors (Lipinski definition) is 3. The van der Waals surface area contributed by atoms with Crippen LogP contribution in [0.5, 0.6) is 0 Å². The molecule has 1 aromatic carbocycles. The fraction of sp³-hybridized carbons (Fsp3) is 0.267. The first-order valence-corrected chi connectivity index (χ1v) is 7.32. The molecule has 1 amide bonds. The summed E-state index contributed by atoms with van der Waals surface area (Å²) in [7, 11) is 1.63. The molecule has 1 saturated carbocycles. The summed E-state index contributed by atoms with van der Waals surface area (Å²) in [6, 6.07) is 5.28. The van der Waals surface area contributed by atoms with Gasteiger partial charge < -0.3 is 5.32 Å². The summed E-state index contributed by atoms with van der Waals surface area (Å²) in [6.45, 7) is 0. The van der Waals surface area contributed by atoms with E-state index in [1.54, 1.807) is 37.6 Å². The Hall–Kier alpha value is -1.65. The summed E-state index contributed by atoms with van der Waals surface area (Å²) in [5, 5.41) is 3.80. The maximum Gasteiger partial charge on any atom is 0.233 e. The molecule has 21 heavy (non-hydrogen) atoms. The van der Waals surface area contributed by atoms with E-state index in [4.69, 9.17) is 23.2 Å². The lowest BCUT2D eigenvalue weighted by Crippen LogP contribution is -2.33. The lowest BCUT2D eigenvalue weighted by atomic mass is 10.0. The number of halogens is 2. The van der Waals surface area contributed by atoms with Crippen LogP contribution in [-0.4, -0.2) is 22.9 Å². The molecule has 4 nitrogen and oxygen atoms in total. The summed E-state index contributed by atoms with van der Waals surface area (Å²) in [5.41, 5.74) is 1.12. The maximum atomic E-state index is 11.9. The third kappa shape index (κ3) is 2.61. The molecule has 1 heterocycles. The van der Waals surface area contributed by atoms with Gasteiger partial charge in [0.15, 0.2) is 0 Å². The second-order valence-electron chi connectivity index (χ2n) is 5.11. The van der Waals surface area contributed by atoms with Crippen LogP contribution < -0.4 is 5.32 Å². The molecule has 108 valence electrons. The Kier molecular flexibility index (Phi) is 3.59. The van der Waals surface area contributed by atoms with Crippen LogP contribution >= 0.6 is 23.2 Å². The Morgan fingerprint density at radius 2 is 1.67 bits per heavy atom. The molecule has 0 spiro atoms. The minimum absolute atomic E-state index is 0.0268. The van der Waals surface area contributed by atoms with E-state index >= 15 is 0 Å². The van der Waals surface area contributed by atoms with E-state index in [9.17, 15) is 4.79 Å². The first-order chi connectivity index (χ1) is 10.0. The Bertz CT molecular complexity index is 676. The predicted octanol–water partition coefficient (Wildman–Crippen LogP) is 3.23. The highest BCUT2D eigenvalue weighted by atomic mass is 35.5. The van der Waals surface area contributed by atoms with Gasteiger partial charge in [0.1, 0.15) is 11.2 Å². The van der Waals surface area contributed by atoms with Crippen molar-refractivity contribution in [3.63, 3.8) is 0 Å². The first kappa shape index (κ1) is 14.3. The number of aromatic nitrogens is 2. The van der Waals surface area contributed by atoms with Crippen LogP contribution in [0.2, 0.25) is 10.0 Å². The molecule has 0 bridgehead atoms. The fourth-order valence-corrected chi connectivity index (χ4v) is 2.89. The molecule has 1 aromatic heterocycles. The van der Waals surface area contributed by atoms with Gasteiger partial charge in [-0.1, -0.05) is 23.2 Å². The molecule has 0 atom stereocenters. The Labute approximate surface area is 132 Å². The number of amides is 1. The van der Waals surface area contributed by atoms with Crippen LogP contribution in [0.3, 0.4) is 0 Å². The Balaban J connectivity index is 1.93. The minimum Gasteiger partial charge on any atom is -0.358 e. The third-order valence-electron chi connectivity index (χ3n) is 3.69. The molecule has 0 radical (unpaired) electrons. The smallest absolute Gasteiger partial charge is 0.233 e. The highest BCUT2D eigenvalue weighted by Crippen LogP contribution is 2.46. The van der Waals surface area contributed by atoms with Crippen molar-refractivity contribution in [2.45, 2.75) is 18.3 Å². The van der Waals surface area contributed by atoms with Crippen LogP contribution in [0, 0.1) is 0 Å². The van der Waals surface area contributed by atoms with Gasteiger partial charge in [0.05, 0.1) is 0 Å². The van der Waals surface area contributed by atoms with Gasteiger partial charge in [-0.05, 0) is 36.6 Å². The number of nitrogens with zero attached hydrogens (tertiary/aromatic N) is 2. The molecule has 1 fully saturated rings. The van der Waals surface area contributed by atoms with E-state index in [0.717, 1.165) is 24.0 Å². The fourth-order valence-electron chi connectivity index (χ4n) is 2.36. The third-order valence-corrected chi connectivity index (χ3v) is 4.12. The van der Waals surface area contributed by atoms with E-state index in [1.165, 1.54) is 0 Å². The lowest BCUT2D eigenvalue weighted by molar-refractivity contribution is -0.123. The average Bonchev–Trinajstić information content (AvgIpc) is 3.27. The Morgan fingerprint density at radius 1 is 1.10 bits per heavy atom. The number of nitrogens with one attached hydrogen (secondary N) is 1. The quantitative estimate of drug-likeness (QED) is 0.944. The monoisotopic (exact) mass is 321 g/mol. The zero-order chi connectivity index (χ0) is 15.0. The van der Waals surface area contributed by atoms with Crippen LogP contribution in [0.1, 0.15) is 18.7 Å². The van der Waals surface area contributed by atoms with Gasteiger partial charge in [-0.25, -0.2) is 9.97 Å². The van der Waals surface area contributed by atoms with E-state index in [1.807, 2.05) is 0 Å².